The maximum absolute atomic E-state index is 12.3. The molecule has 0 saturated carbocycles. The maximum Gasteiger partial charge on any atom is 0.254 e. The molecule has 0 spiro atoms. The summed E-state index contributed by atoms with van der Waals surface area (Å²) in [6, 6.07) is 18.7. The van der Waals surface area contributed by atoms with Crippen LogP contribution in [0.5, 0.6) is 0 Å². The second-order valence-electron chi connectivity index (χ2n) is 4.52. The molecule has 1 heterocycles. The van der Waals surface area contributed by atoms with Gasteiger partial charge in [-0.3, -0.25) is 4.79 Å². The normalized spacial score (nSPS) is 14.1. The van der Waals surface area contributed by atoms with Crippen molar-refractivity contribution in [2.75, 3.05) is 6.54 Å². The summed E-state index contributed by atoms with van der Waals surface area (Å²) in [4.78, 5) is 14.2. The van der Waals surface area contributed by atoms with Gasteiger partial charge in [0.05, 0.1) is 0 Å². The molecule has 0 unspecified atom stereocenters. The second kappa shape index (κ2) is 4.65. The average Bonchev–Trinajstić information content (AvgIpc) is 2.47. The van der Waals surface area contributed by atoms with Crippen LogP contribution in [0.2, 0.25) is 0 Å². The van der Waals surface area contributed by atoms with Crippen LogP contribution in [0.15, 0.2) is 48.5 Å². The van der Waals surface area contributed by atoms with Crippen molar-refractivity contribution in [1.29, 1.82) is 0 Å². The van der Waals surface area contributed by atoms with E-state index < -0.39 is 0 Å². The third-order valence-electron chi connectivity index (χ3n) is 3.36. The number of amides is 1. The van der Waals surface area contributed by atoms with Crippen molar-refractivity contribution >= 4 is 5.91 Å². The highest BCUT2D eigenvalue weighted by molar-refractivity contribution is 5.94. The molecule has 2 nitrogen and oxygen atoms in total. The molecular formula is C16H14NO. The van der Waals surface area contributed by atoms with Gasteiger partial charge in [0.15, 0.2) is 0 Å². The molecule has 2 aromatic carbocycles. The predicted octanol–water partition coefficient (Wildman–Crippen LogP) is 2.69. The van der Waals surface area contributed by atoms with Crippen molar-refractivity contribution in [2.45, 2.75) is 13.0 Å². The van der Waals surface area contributed by atoms with E-state index in [1.54, 1.807) is 6.07 Å². The van der Waals surface area contributed by atoms with Crippen LogP contribution in [0.3, 0.4) is 0 Å². The molecular weight excluding hydrogens is 222 g/mol. The van der Waals surface area contributed by atoms with Crippen molar-refractivity contribution < 1.29 is 4.79 Å². The van der Waals surface area contributed by atoms with Gasteiger partial charge in [0.2, 0.25) is 0 Å². The van der Waals surface area contributed by atoms with Crippen molar-refractivity contribution in [3.63, 3.8) is 0 Å². The Kier molecular flexibility index (Phi) is 2.85. The van der Waals surface area contributed by atoms with Crippen LogP contribution in [-0.2, 0) is 13.0 Å². The first kappa shape index (κ1) is 11.0. The Bertz CT molecular complexity index is 562. The van der Waals surface area contributed by atoms with E-state index in [0.717, 1.165) is 13.0 Å². The monoisotopic (exact) mass is 236 g/mol. The minimum atomic E-state index is 0.0742. The molecule has 3 rings (SSSR count). The molecule has 0 fully saturated rings. The van der Waals surface area contributed by atoms with Gasteiger partial charge in [-0.05, 0) is 29.7 Å². The number of hydrogen-bond acceptors (Lipinski definition) is 1. The lowest BCUT2D eigenvalue weighted by Gasteiger charge is -2.28. The van der Waals surface area contributed by atoms with E-state index >= 15 is 0 Å². The topological polar surface area (TPSA) is 20.3 Å². The number of benzene rings is 2. The quantitative estimate of drug-likeness (QED) is 0.745. The summed E-state index contributed by atoms with van der Waals surface area (Å²) in [5, 5.41) is 0. The highest BCUT2D eigenvalue weighted by Crippen LogP contribution is 2.19. The minimum absolute atomic E-state index is 0.0742. The minimum Gasteiger partial charge on any atom is -0.334 e. The standard InChI is InChI=1S/C16H14NO/c18-16(14-7-2-1-3-8-14)17-11-10-13-6-4-5-9-15(13)12-17/h1-7,9H,10-12H2. The van der Waals surface area contributed by atoms with Gasteiger partial charge in [-0.2, -0.15) is 0 Å². The van der Waals surface area contributed by atoms with Crippen molar-refractivity contribution in [2.24, 2.45) is 0 Å². The lowest BCUT2D eigenvalue weighted by atomic mass is 9.99. The van der Waals surface area contributed by atoms with Crippen LogP contribution >= 0.6 is 0 Å². The molecule has 0 aromatic heterocycles. The zero-order chi connectivity index (χ0) is 12.4. The first-order chi connectivity index (χ1) is 8.84. The fraction of sp³-hybridized carbons (Fsp3) is 0.188. The first-order valence-corrected chi connectivity index (χ1v) is 6.17. The largest absolute Gasteiger partial charge is 0.334 e. The summed E-state index contributed by atoms with van der Waals surface area (Å²) < 4.78 is 0. The average molecular weight is 236 g/mol. The molecule has 2 aromatic rings. The van der Waals surface area contributed by atoms with Crippen LogP contribution in [-0.4, -0.2) is 17.4 Å². The molecule has 1 aliphatic heterocycles. The molecule has 89 valence electrons. The van der Waals surface area contributed by atoms with Crippen LogP contribution in [0.25, 0.3) is 0 Å². The highest BCUT2D eigenvalue weighted by Gasteiger charge is 2.21. The van der Waals surface area contributed by atoms with Gasteiger partial charge in [0.1, 0.15) is 0 Å². The van der Waals surface area contributed by atoms with Crippen LogP contribution in [0, 0.1) is 6.07 Å². The molecule has 18 heavy (non-hydrogen) atoms. The smallest absolute Gasteiger partial charge is 0.254 e. The molecule has 0 aliphatic carbocycles. The number of rotatable bonds is 1. The highest BCUT2D eigenvalue weighted by atomic mass is 16.2. The summed E-state index contributed by atoms with van der Waals surface area (Å²) >= 11 is 0. The van der Waals surface area contributed by atoms with E-state index in [0.29, 0.717) is 12.1 Å². The molecule has 1 amide bonds. The molecule has 0 atom stereocenters. The summed E-state index contributed by atoms with van der Waals surface area (Å²) in [5.41, 5.74) is 3.27. The van der Waals surface area contributed by atoms with Gasteiger partial charge in [-0.15, -0.1) is 0 Å². The number of carbonyl (C=O) groups excluding carboxylic acids is 1. The summed E-state index contributed by atoms with van der Waals surface area (Å²) in [6.07, 6.45) is 0.939. The Morgan fingerprint density at radius 1 is 1.06 bits per heavy atom. The number of nitrogens with zero attached hydrogens (tertiary/aromatic N) is 1. The SMILES string of the molecule is O=C(c1[c]cccc1)N1CCc2ccccc2C1. The van der Waals surface area contributed by atoms with Crippen LogP contribution in [0.1, 0.15) is 21.5 Å². The third kappa shape index (κ3) is 2.02. The van der Waals surface area contributed by atoms with Crippen molar-refractivity contribution in [3.8, 4) is 0 Å². The molecule has 1 aliphatic rings. The zero-order valence-electron chi connectivity index (χ0n) is 10.1. The van der Waals surface area contributed by atoms with E-state index in [2.05, 4.69) is 24.3 Å². The van der Waals surface area contributed by atoms with Gasteiger partial charge in [-0.25, -0.2) is 0 Å². The number of carbonyl (C=O) groups is 1. The maximum atomic E-state index is 12.3. The van der Waals surface area contributed by atoms with Crippen molar-refractivity contribution in [1.82, 2.24) is 4.90 Å². The van der Waals surface area contributed by atoms with E-state index in [1.165, 1.54) is 11.1 Å². The lowest BCUT2D eigenvalue weighted by Crippen LogP contribution is -2.35. The van der Waals surface area contributed by atoms with Gasteiger partial charge >= 0.3 is 0 Å². The fourth-order valence-corrected chi connectivity index (χ4v) is 2.37. The van der Waals surface area contributed by atoms with E-state index in [1.807, 2.05) is 29.2 Å². The molecule has 0 N–H and O–H groups in total. The molecule has 1 radical (unpaired) electrons. The van der Waals surface area contributed by atoms with Crippen molar-refractivity contribution in [3.05, 3.63) is 71.3 Å². The van der Waals surface area contributed by atoms with E-state index in [9.17, 15) is 4.79 Å². The van der Waals surface area contributed by atoms with E-state index in [-0.39, 0.29) is 5.91 Å². The van der Waals surface area contributed by atoms with Gasteiger partial charge in [-0.1, -0.05) is 42.5 Å². The van der Waals surface area contributed by atoms with E-state index in [4.69, 9.17) is 0 Å². The number of hydrogen-bond donors (Lipinski definition) is 0. The van der Waals surface area contributed by atoms with Crippen LogP contribution in [0.4, 0.5) is 0 Å². The molecule has 0 bridgehead atoms. The second-order valence-corrected chi connectivity index (χ2v) is 4.52. The molecule has 2 heteroatoms. The summed E-state index contributed by atoms with van der Waals surface area (Å²) in [5.74, 6) is 0.0742. The first-order valence-electron chi connectivity index (χ1n) is 6.17. The Morgan fingerprint density at radius 3 is 2.61 bits per heavy atom. The van der Waals surface area contributed by atoms with Gasteiger partial charge in [0.25, 0.3) is 5.91 Å². The Balaban J connectivity index is 1.82. The fourth-order valence-electron chi connectivity index (χ4n) is 2.37. The summed E-state index contributed by atoms with van der Waals surface area (Å²) in [7, 11) is 0. The predicted molar refractivity (Wildman–Crippen MR) is 70.2 cm³/mol. The zero-order valence-corrected chi connectivity index (χ0v) is 10.1. The third-order valence-corrected chi connectivity index (χ3v) is 3.36. The van der Waals surface area contributed by atoms with Gasteiger partial charge < -0.3 is 4.90 Å². The van der Waals surface area contributed by atoms with Crippen LogP contribution < -0.4 is 0 Å². The Morgan fingerprint density at radius 2 is 1.83 bits per heavy atom. The summed E-state index contributed by atoms with van der Waals surface area (Å²) in [6.45, 7) is 1.50. The van der Waals surface area contributed by atoms with Gasteiger partial charge in [0, 0.05) is 18.7 Å². The lowest BCUT2D eigenvalue weighted by molar-refractivity contribution is 0.0734. The number of fused-ring (bicyclic) bond motifs is 1. The Hall–Kier alpha value is -2.09. The molecule has 0 saturated heterocycles. The Labute approximate surface area is 107 Å².